The van der Waals surface area contributed by atoms with Gasteiger partial charge < -0.3 is 10.1 Å². The molecule has 1 aromatic carbocycles. The molecule has 2 aliphatic rings. The van der Waals surface area contributed by atoms with Crippen molar-refractivity contribution in [3.05, 3.63) is 34.7 Å². The lowest BCUT2D eigenvalue weighted by Crippen LogP contribution is -2.33. The molecule has 1 fully saturated rings. The van der Waals surface area contributed by atoms with Gasteiger partial charge in [0.15, 0.2) is 11.1 Å². The summed E-state index contributed by atoms with van der Waals surface area (Å²) in [5.41, 5.74) is 3.88. The van der Waals surface area contributed by atoms with Gasteiger partial charge in [-0.2, -0.15) is 0 Å². The Bertz CT molecular complexity index is 777. The summed E-state index contributed by atoms with van der Waals surface area (Å²) in [6, 6.07) is 5.79. The zero-order valence-electron chi connectivity index (χ0n) is 14.8. The molecule has 0 radical (unpaired) electrons. The van der Waals surface area contributed by atoms with Gasteiger partial charge in [0.2, 0.25) is 5.91 Å². The van der Waals surface area contributed by atoms with Crippen LogP contribution in [0.25, 0.3) is 5.57 Å². The van der Waals surface area contributed by atoms with Crippen LogP contribution in [-0.2, 0) is 31.2 Å². The molecule has 3 rings (SSSR count). The van der Waals surface area contributed by atoms with Gasteiger partial charge >= 0.3 is 6.09 Å². The van der Waals surface area contributed by atoms with Gasteiger partial charge in [0.1, 0.15) is 6.10 Å². The summed E-state index contributed by atoms with van der Waals surface area (Å²) in [6.45, 7) is 4.60. The number of ether oxygens (including phenoxy) is 1. The minimum absolute atomic E-state index is 0.153. The van der Waals surface area contributed by atoms with Gasteiger partial charge in [-0.3, -0.25) is 13.9 Å². The molecule has 1 N–H and O–H groups in total. The first-order chi connectivity index (χ1) is 12.5. The minimum atomic E-state index is -1.39. The highest BCUT2D eigenvalue weighted by molar-refractivity contribution is 7.83. The molecule has 0 spiro atoms. The summed E-state index contributed by atoms with van der Waals surface area (Å²) in [4.78, 5) is 24.8. The SMILES string of the molecule is CCc1cc(N2C[C@H](CNC(C)=O)OC2=O)ccc1C1=CS(=O)OCC1. The number of anilines is 1. The fourth-order valence-corrected chi connectivity index (χ4v) is 3.88. The van der Waals surface area contributed by atoms with Crippen molar-refractivity contribution in [1.82, 2.24) is 5.32 Å². The van der Waals surface area contributed by atoms with E-state index in [1.54, 1.807) is 10.3 Å². The first-order valence-electron chi connectivity index (χ1n) is 8.58. The molecular weight excluding hydrogens is 356 g/mol. The Hall–Kier alpha value is -2.19. The van der Waals surface area contributed by atoms with Crippen LogP contribution < -0.4 is 10.2 Å². The number of nitrogens with zero attached hydrogens (tertiary/aromatic N) is 1. The van der Waals surface area contributed by atoms with Crippen molar-refractivity contribution in [3.63, 3.8) is 0 Å². The Kier molecular flexibility index (Phi) is 5.73. The topological polar surface area (TPSA) is 84.9 Å². The molecule has 0 aromatic heterocycles. The summed E-state index contributed by atoms with van der Waals surface area (Å²) in [5.74, 6) is -0.153. The van der Waals surface area contributed by atoms with Gasteiger partial charge in [-0.25, -0.2) is 9.00 Å². The monoisotopic (exact) mass is 378 g/mol. The van der Waals surface area contributed by atoms with E-state index in [1.165, 1.54) is 6.92 Å². The molecule has 2 amide bonds. The van der Waals surface area contributed by atoms with Crippen molar-refractivity contribution in [2.45, 2.75) is 32.8 Å². The van der Waals surface area contributed by atoms with Crippen LogP contribution >= 0.6 is 0 Å². The van der Waals surface area contributed by atoms with E-state index < -0.39 is 17.2 Å². The summed E-state index contributed by atoms with van der Waals surface area (Å²) in [5, 5.41) is 4.31. The molecule has 1 unspecified atom stereocenters. The van der Waals surface area contributed by atoms with Crippen LogP contribution in [0.4, 0.5) is 10.5 Å². The third-order valence-electron chi connectivity index (χ3n) is 4.39. The van der Waals surface area contributed by atoms with Crippen LogP contribution in [0, 0.1) is 0 Å². The number of hydrogen-bond donors (Lipinski definition) is 1. The van der Waals surface area contributed by atoms with Gasteiger partial charge in [-0.05, 0) is 41.7 Å². The number of amides is 2. The predicted octanol–water partition coefficient (Wildman–Crippen LogP) is 2.14. The molecule has 0 aliphatic carbocycles. The van der Waals surface area contributed by atoms with Gasteiger partial charge in [-0.15, -0.1) is 0 Å². The Morgan fingerprint density at radius 2 is 2.23 bits per heavy atom. The highest BCUT2D eigenvalue weighted by Crippen LogP contribution is 2.31. The Balaban J connectivity index is 1.80. The molecule has 0 bridgehead atoms. The lowest BCUT2D eigenvalue weighted by atomic mass is 9.96. The normalized spacial score (nSPS) is 22.8. The molecule has 8 heteroatoms. The minimum Gasteiger partial charge on any atom is -0.442 e. The standard InChI is InChI=1S/C18H22N2O5S/c1-3-13-8-15(4-5-17(13)14-6-7-24-26(23)11-14)20-10-16(25-18(20)22)9-19-12(2)21/h4-5,8,11,16H,3,6-7,9-10H2,1-2H3,(H,19,21)/t16-,26?/m0/s1. The second-order valence-electron chi connectivity index (χ2n) is 6.22. The maximum atomic E-state index is 12.2. The van der Waals surface area contributed by atoms with Crippen molar-refractivity contribution in [2.75, 3.05) is 24.6 Å². The molecule has 2 heterocycles. The Labute approximate surface area is 155 Å². The smallest absolute Gasteiger partial charge is 0.414 e. The van der Waals surface area contributed by atoms with E-state index in [1.807, 2.05) is 25.1 Å². The van der Waals surface area contributed by atoms with Crippen LogP contribution in [0.15, 0.2) is 23.6 Å². The van der Waals surface area contributed by atoms with Crippen molar-refractivity contribution >= 4 is 34.3 Å². The number of carbonyl (C=O) groups excluding carboxylic acids is 2. The van der Waals surface area contributed by atoms with Crippen molar-refractivity contribution in [1.29, 1.82) is 0 Å². The van der Waals surface area contributed by atoms with Gasteiger partial charge in [0.05, 0.1) is 19.7 Å². The first-order valence-corrected chi connectivity index (χ1v) is 9.72. The number of hydrogen-bond acceptors (Lipinski definition) is 5. The van der Waals surface area contributed by atoms with Gasteiger partial charge in [0, 0.05) is 18.0 Å². The summed E-state index contributed by atoms with van der Waals surface area (Å²) < 4.78 is 22.0. The number of cyclic esters (lactones) is 1. The van der Waals surface area contributed by atoms with E-state index in [2.05, 4.69) is 5.32 Å². The lowest BCUT2D eigenvalue weighted by Gasteiger charge is -2.19. The molecule has 26 heavy (non-hydrogen) atoms. The second kappa shape index (κ2) is 8.01. The lowest BCUT2D eigenvalue weighted by molar-refractivity contribution is -0.119. The van der Waals surface area contributed by atoms with E-state index in [9.17, 15) is 13.8 Å². The largest absolute Gasteiger partial charge is 0.442 e. The summed E-state index contributed by atoms with van der Waals surface area (Å²) >= 11 is -1.39. The fraction of sp³-hybridized carbons (Fsp3) is 0.444. The van der Waals surface area contributed by atoms with E-state index in [0.717, 1.165) is 28.8 Å². The zero-order valence-corrected chi connectivity index (χ0v) is 15.6. The second-order valence-corrected chi connectivity index (χ2v) is 7.22. The molecule has 7 nitrogen and oxygen atoms in total. The number of carbonyl (C=O) groups is 2. The molecule has 1 saturated heterocycles. The van der Waals surface area contributed by atoms with Crippen LogP contribution in [0.2, 0.25) is 0 Å². The van der Waals surface area contributed by atoms with Crippen molar-refractivity contribution in [3.8, 4) is 0 Å². The Morgan fingerprint density at radius 1 is 1.42 bits per heavy atom. The number of benzene rings is 1. The first kappa shape index (κ1) is 18.6. The van der Waals surface area contributed by atoms with Crippen molar-refractivity contribution in [2.24, 2.45) is 0 Å². The zero-order chi connectivity index (χ0) is 18.7. The molecule has 0 saturated carbocycles. The van der Waals surface area contributed by atoms with Crippen LogP contribution in [0.1, 0.15) is 31.4 Å². The maximum Gasteiger partial charge on any atom is 0.414 e. The summed E-state index contributed by atoms with van der Waals surface area (Å²) in [6.07, 6.45) is 0.716. The Morgan fingerprint density at radius 3 is 2.92 bits per heavy atom. The van der Waals surface area contributed by atoms with Crippen molar-refractivity contribution < 1.29 is 22.7 Å². The van der Waals surface area contributed by atoms with Crippen LogP contribution in [0.5, 0.6) is 0 Å². The quantitative estimate of drug-likeness (QED) is 0.848. The average Bonchev–Trinajstić information content (AvgIpc) is 3.00. The van der Waals surface area contributed by atoms with E-state index in [4.69, 9.17) is 8.92 Å². The summed E-state index contributed by atoms with van der Waals surface area (Å²) in [7, 11) is 0. The number of aryl methyl sites for hydroxylation is 1. The van der Waals surface area contributed by atoms with Gasteiger partial charge in [-0.1, -0.05) is 13.0 Å². The third kappa shape index (κ3) is 4.13. The molecular formula is C18H22N2O5S. The molecule has 140 valence electrons. The van der Waals surface area contributed by atoms with E-state index in [-0.39, 0.29) is 12.0 Å². The van der Waals surface area contributed by atoms with Gasteiger partial charge in [0.25, 0.3) is 0 Å². The number of nitrogens with one attached hydrogen (secondary N) is 1. The highest BCUT2D eigenvalue weighted by atomic mass is 32.2. The third-order valence-corrected chi connectivity index (χ3v) is 5.27. The molecule has 2 aliphatic heterocycles. The van der Waals surface area contributed by atoms with Crippen LogP contribution in [0.3, 0.4) is 0 Å². The molecule has 2 atom stereocenters. The van der Waals surface area contributed by atoms with Crippen LogP contribution in [-0.4, -0.2) is 42.0 Å². The van der Waals surface area contributed by atoms with E-state index in [0.29, 0.717) is 26.1 Å². The maximum absolute atomic E-state index is 12.2. The van der Waals surface area contributed by atoms with E-state index >= 15 is 0 Å². The highest BCUT2D eigenvalue weighted by Gasteiger charge is 2.32. The fourth-order valence-electron chi connectivity index (χ4n) is 3.09. The number of rotatable bonds is 5. The predicted molar refractivity (Wildman–Crippen MR) is 98.8 cm³/mol. The average molecular weight is 378 g/mol. The molecule has 1 aromatic rings.